The van der Waals surface area contributed by atoms with E-state index in [0.29, 0.717) is 0 Å². The zero-order valence-electron chi connectivity index (χ0n) is 18.1. The van der Waals surface area contributed by atoms with Crippen LogP contribution in [-0.2, 0) is 0 Å². The molecule has 0 aliphatic heterocycles. The minimum atomic E-state index is -0.908. The van der Waals surface area contributed by atoms with Crippen LogP contribution in [0.1, 0.15) is 91.9 Å². The van der Waals surface area contributed by atoms with Gasteiger partial charge in [-0.1, -0.05) is 0 Å². The Morgan fingerprint density at radius 1 is 0.321 bits per heavy atom. The molecule has 0 nitrogen and oxygen atoms in total. The average molecular weight is 617 g/mol. The fourth-order valence-corrected chi connectivity index (χ4v) is 9.14. The molecule has 0 unspecified atom stereocenters. The van der Waals surface area contributed by atoms with Crippen LogP contribution in [0.4, 0.5) is 0 Å². The predicted molar refractivity (Wildman–Crippen MR) is 162 cm³/mol. The van der Waals surface area contributed by atoms with E-state index in [1.54, 1.807) is 24.6 Å². The summed E-state index contributed by atoms with van der Waals surface area (Å²) in [6.45, 7) is 9.44. The van der Waals surface area contributed by atoms with Crippen LogP contribution in [0.2, 0.25) is 0 Å². The molecule has 0 aliphatic rings. The van der Waals surface area contributed by atoms with E-state index in [2.05, 4.69) is 27.7 Å². The fraction of sp³-hybridized carbons (Fsp3) is 1.00. The van der Waals surface area contributed by atoms with Crippen LogP contribution < -0.4 is 0 Å². The van der Waals surface area contributed by atoms with E-state index in [1.807, 2.05) is 0 Å². The summed E-state index contributed by atoms with van der Waals surface area (Å²) in [5.41, 5.74) is 0. The van der Waals surface area contributed by atoms with Gasteiger partial charge in [0.2, 0.25) is 0 Å². The van der Waals surface area contributed by atoms with Crippen molar-refractivity contribution in [3.05, 3.63) is 0 Å². The largest absolute Gasteiger partial charge is 0.147 e. The minimum absolute atomic E-state index is 0. The van der Waals surface area contributed by atoms with E-state index in [-0.39, 0.29) is 112 Å². The first-order valence-electron chi connectivity index (χ1n) is 9.24. The maximum Gasteiger partial charge on any atom is -0.147 e. The molecule has 0 saturated heterocycles. The molecule has 28 heavy (non-hydrogen) atoms. The number of hydrogen-bond donors (Lipinski definition) is 0. The first kappa shape index (κ1) is 63.3. The maximum atomic E-state index is 2.37. The molecule has 0 aromatic heterocycles. The molecule has 0 bridgehead atoms. The maximum absolute atomic E-state index is 2.37. The molecule has 0 saturated carbocycles. The van der Waals surface area contributed by atoms with Crippen LogP contribution in [0, 0.1) is 0 Å². The second-order valence-corrected chi connectivity index (χ2v) is 11.6. The smallest absolute Gasteiger partial charge is 0.147 e. The standard InChI is InChI=1S/C18H41P.9ClH/c1-5-9-13-14-18-19(15-10-6-2,16-11-7-3)17-12-8-4;;;;;;;;;/h19H,5-18H2,1-4H3;9*1H. The van der Waals surface area contributed by atoms with E-state index in [0.717, 1.165) is 0 Å². The molecule has 0 N–H and O–H groups in total. The van der Waals surface area contributed by atoms with Crippen LogP contribution >= 0.6 is 119 Å². The molecule has 0 aromatic carbocycles. The summed E-state index contributed by atoms with van der Waals surface area (Å²) in [5, 5.41) is 0. The first-order chi connectivity index (χ1) is 9.24. The van der Waals surface area contributed by atoms with Crippen molar-refractivity contribution in [2.24, 2.45) is 0 Å². The van der Waals surface area contributed by atoms with Gasteiger partial charge in [-0.2, -0.15) is 0 Å². The van der Waals surface area contributed by atoms with Gasteiger partial charge in [0.15, 0.2) is 0 Å². The second-order valence-electron chi connectivity index (χ2n) is 6.62. The number of rotatable bonds is 14. The van der Waals surface area contributed by atoms with Gasteiger partial charge in [0, 0.05) is 0 Å². The molecule has 0 aliphatic carbocycles. The fourth-order valence-electron chi connectivity index (χ4n) is 3.33. The van der Waals surface area contributed by atoms with Gasteiger partial charge in [0.25, 0.3) is 0 Å². The van der Waals surface area contributed by atoms with E-state index >= 15 is 0 Å². The van der Waals surface area contributed by atoms with Crippen molar-refractivity contribution in [3.63, 3.8) is 0 Å². The molecule has 0 aromatic rings. The van der Waals surface area contributed by atoms with Gasteiger partial charge in [-0.3, -0.25) is 0 Å². The van der Waals surface area contributed by atoms with Gasteiger partial charge >= 0.3 is 124 Å². The Morgan fingerprint density at radius 2 is 0.571 bits per heavy atom. The van der Waals surface area contributed by atoms with Crippen molar-refractivity contribution in [3.8, 4) is 0 Å². The molecular weight excluding hydrogens is 566 g/mol. The Labute approximate surface area is 233 Å². The minimum Gasteiger partial charge on any atom is -0.147 e. The number of halogens is 9. The monoisotopic (exact) mass is 612 g/mol. The van der Waals surface area contributed by atoms with Gasteiger partial charge in [-0.15, -0.1) is 112 Å². The topological polar surface area (TPSA) is 0 Å². The average Bonchev–Trinajstić information content (AvgIpc) is 2.44. The second kappa shape index (κ2) is 47.7. The summed E-state index contributed by atoms with van der Waals surface area (Å²) < 4.78 is 0. The van der Waals surface area contributed by atoms with E-state index in [4.69, 9.17) is 0 Å². The number of hydrogen-bond acceptors (Lipinski definition) is 0. The normalized spacial score (nSPS) is 8.71. The van der Waals surface area contributed by atoms with Crippen molar-refractivity contribution in [2.75, 3.05) is 24.6 Å². The van der Waals surface area contributed by atoms with Gasteiger partial charge in [-0.25, -0.2) is 0 Å². The molecule has 10 heteroatoms. The zero-order valence-corrected chi connectivity index (χ0v) is 26.4. The van der Waals surface area contributed by atoms with Crippen molar-refractivity contribution < 1.29 is 0 Å². The summed E-state index contributed by atoms with van der Waals surface area (Å²) in [6, 6.07) is 0. The van der Waals surface area contributed by atoms with E-state index < -0.39 is 7.26 Å². The van der Waals surface area contributed by atoms with Crippen LogP contribution in [0.5, 0.6) is 0 Å². The zero-order chi connectivity index (χ0) is 14.4. The van der Waals surface area contributed by atoms with Crippen LogP contribution in [0.3, 0.4) is 0 Å². The van der Waals surface area contributed by atoms with Gasteiger partial charge in [-0.05, 0) is 0 Å². The third kappa shape index (κ3) is 36.4. The first-order valence-corrected chi connectivity index (χ1v) is 12.1. The molecular formula is C18H50Cl9P. The molecule has 0 fully saturated rings. The molecule has 0 amide bonds. The van der Waals surface area contributed by atoms with Crippen molar-refractivity contribution in [2.45, 2.75) is 91.9 Å². The summed E-state index contributed by atoms with van der Waals surface area (Å²) in [5.74, 6) is 0. The Morgan fingerprint density at radius 3 is 0.821 bits per heavy atom. The van der Waals surface area contributed by atoms with E-state index in [9.17, 15) is 0 Å². The van der Waals surface area contributed by atoms with Gasteiger partial charge in [0.1, 0.15) is 0 Å². The van der Waals surface area contributed by atoms with Gasteiger partial charge in [0.05, 0.1) is 0 Å². The third-order valence-electron chi connectivity index (χ3n) is 4.74. The molecule has 0 heterocycles. The summed E-state index contributed by atoms with van der Waals surface area (Å²) in [7, 11) is -0.908. The Kier molecular flexibility index (Phi) is 108. The van der Waals surface area contributed by atoms with Crippen molar-refractivity contribution in [1.82, 2.24) is 0 Å². The molecule has 0 radical (unpaired) electrons. The Bertz CT molecular complexity index is 180. The summed E-state index contributed by atoms with van der Waals surface area (Å²) in [4.78, 5) is 0. The van der Waals surface area contributed by atoms with E-state index in [1.165, 1.54) is 64.2 Å². The predicted octanol–water partition coefficient (Wildman–Crippen LogP) is 10.5. The Hall–Kier alpha value is 3.04. The third-order valence-corrected chi connectivity index (χ3v) is 10.4. The summed E-state index contributed by atoms with van der Waals surface area (Å²) >= 11 is 0. The molecule has 0 rings (SSSR count). The van der Waals surface area contributed by atoms with Crippen LogP contribution in [-0.4, -0.2) is 24.6 Å². The molecule has 0 atom stereocenters. The van der Waals surface area contributed by atoms with Gasteiger partial charge < -0.3 is 0 Å². The van der Waals surface area contributed by atoms with Crippen molar-refractivity contribution in [1.29, 1.82) is 0 Å². The van der Waals surface area contributed by atoms with Crippen LogP contribution in [0.15, 0.2) is 0 Å². The number of unbranched alkanes of at least 4 members (excludes halogenated alkanes) is 6. The summed E-state index contributed by atoms with van der Waals surface area (Å²) in [6.07, 6.45) is 21.2. The SMILES string of the molecule is CCCCCC[PH](CCCC)(CCCC)CCCC.Cl.Cl.Cl.Cl.Cl.Cl.Cl.Cl.Cl. The Balaban J connectivity index is -0.0000000450. The van der Waals surface area contributed by atoms with Crippen molar-refractivity contribution >= 4 is 119 Å². The molecule has 0 spiro atoms. The molecule has 190 valence electrons. The quantitative estimate of drug-likeness (QED) is 0.135. The van der Waals surface area contributed by atoms with Crippen LogP contribution in [0.25, 0.3) is 0 Å².